The molecule has 0 aromatic heterocycles. The average molecular weight is 410 g/mol. The zero-order chi connectivity index (χ0) is 22.1. The Balaban J connectivity index is 0.000000612. The number of carbonyl (C=O) groups is 2. The Hall–Kier alpha value is -3.89. The van der Waals surface area contributed by atoms with Crippen LogP contribution in [0.3, 0.4) is 0 Å². The number of aliphatic carboxylic acids is 2. The molecule has 0 amide bonds. The van der Waals surface area contributed by atoms with Crippen LogP contribution in [0.25, 0.3) is 0 Å². The average Bonchev–Trinajstić information content (AvgIpc) is 2.66. The zero-order valence-corrected chi connectivity index (χ0v) is 15.8. The smallest absolute Gasteiger partial charge is 0.414 e. The topological polar surface area (TPSA) is 148 Å². The van der Waals surface area contributed by atoms with E-state index in [1.165, 1.54) is 32.4 Å². The molecule has 0 saturated carbocycles. The molecule has 0 heterocycles. The highest BCUT2D eigenvalue weighted by atomic mass is 19.1. The number of nitro groups is 1. The van der Waals surface area contributed by atoms with Gasteiger partial charge in [-0.25, -0.2) is 14.0 Å². The van der Waals surface area contributed by atoms with Crippen molar-refractivity contribution in [3.8, 4) is 11.5 Å². The van der Waals surface area contributed by atoms with Crippen molar-refractivity contribution in [3.63, 3.8) is 0 Å². The number of nitro benzene ring substituents is 1. The minimum atomic E-state index is -1.82. The molecule has 156 valence electrons. The second kappa shape index (κ2) is 10.4. The van der Waals surface area contributed by atoms with Gasteiger partial charge in [-0.15, -0.1) is 0 Å². The quantitative estimate of drug-likeness (QED) is 0.371. The molecular weight excluding hydrogens is 391 g/mol. The van der Waals surface area contributed by atoms with Crippen molar-refractivity contribution in [1.29, 1.82) is 0 Å². The standard InChI is InChI=1S/C16H17FN2O4.C2H2O4/c1-10-6-12(17)4-5-13(10)18-9-11-7-15(22-2)16(23-3)8-14(11)19(20)21;3-1(4)2(5)6/h4-8,18H,9H2,1-3H3;(H,3,4)(H,5,6). The first kappa shape index (κ1) is 23.1. The molecule has 0 unspecified atom stereocenters. The lowest BCUT2D eigenvalue weighted by Crippen LogP contribution is -2.09. The van der Waals surface area contributed by atoms with E-state index in [9.17, 15) is 14.5 Å². The monoisotopic (exact) mass is 410 g/mol. The first-order valence-corrected chi connectivity index (χ1v) is 7.96. The highest BCUT2D eigenvalue weighted by Crippen LogP contribution is 2.35. The Kier molecular flexibility index (Phi) is 8.34. The van der Waals surface area contributed by atoms with Gasteiger partial charge in [0.2, 0.25) is 0 Å². The molecule has 0 bridgehead atoms. The van der Waals surface area contributed by atoms with Gasteiger partial charge in [0, 0.05) is 12.2 Å². The fraction of sp³-hybridized carbons (Fsp3) is 0.222. The van der Waals surface area contributed by atoms with Crippen molar-refractivity contribution < 1.29 is 38.6 Å². The number of ether oxygens (including phenoxy) is 2. The maximum atomic E-state index is 13.1. The number of methoxy groups -OCH3 is 2. The van der Waals surface area contributed by atoms with Crippen LogP contribution >= 0.6 is 0 Å². The fourth-order valence-electron chi connectivity index (χ4n) is 2.24. The number of hydrogen-bond donors (Lipinski definition) is 3. The molecule has 0 radical (unpaired) electrons. The Morgan fingerprint density at radius 3 is 2.10 bits per heavy atom. The van der Waals surface area contributed by atoms with Gasteiger partial charge < -0.3 is 25.0 Å². The van der Waals surface area contributed by atoms with E-state index in [0.717, 1.165) is 0 Å². The molecule has 3 N–H and O–H groups in total. The molecular formula is C18H19FN2O8. The summed E-state index contributed by atoms with van der Waals surface area (Å²) < 4.78 is 23.4. The Morgan fingerprint density at radius 1 is 1.10 bits per heavy atom. The summed E-state index contributed by atoms with van der Waals surface area (Å²) in [5, 5.41) is 29.1. The lowest BCUT2D eigenvalue weighted by Gasteiger charge is -2.13. The molecule has 2 aromatic rings. The van der Waals surface area contributed by atoms with Gasteiger partial charge in [0.15, 0.2) is 11.5 Å². The molecule has 2 aromatic carbocycles. The molecule has 0 aliphatic heterocycles. The van der Waals surface area contributed by atoms with E-state index in [2.05, 4.69) is 5.32 Å². The largest absolute Gasteiger partial charge is 0.493 e. The summed E-state index contributed by atoms with van der Waals surface area (Å²) in [6, 6.07) is 7.21. The van der Waals surface area contributed by atoms with Crippen LogP contribution in [-0.2, 0) is 16.1 Å². The van der Waals surface area contributed by atoms with Gasteiger partial charge in [-0.2, -0.15) is 0 Å². The van der Waals surface area contributed by atoms with E-state index < -0.39 is 16.9 Å². The summed E-state index contributed by atoms with van der Waals surface area (Å²) in [5.74, 6) is -3.28. The van der Waals surface area contributed by atoms with E-state index in [0.29, 0.717) is 28.3 Å². The summed E-state index contributed by atoms with van der Waals surface area (Å²) in [5.41, 5.74) is 1.79. The number of benzene rings is 2. The maximum absolute atomic E-state index is 13.1. The third-order valence-electron chi connectivity index (χ3n) is 3.62. The van der Waals surface area contributed by atoms with Crippen molar-refractivity contribution in [2.24, 2.45) is 0 Å². The second-order valence-electron chi connectivity index (χ2n) is 5.52. The summed E-state index contributed by atoms with van der Waals surface area (Å²) in [6.07, 6.45) is 0. The van der Waals surface area contributed by atoms with Crippen LogP contribution in [0.1, 0.15) is 11.1 Å². The van der Waals surface area contributed by atoms with Gasteiger partial charge in [-0.05, 0) is 36.8 Å². The lowest BCUT2D eigenvalue weighted by atomic mass is 10.1. The molecule has 0 spiro atoms. The maximum Gasteiger partial charge on any atom is 0.414 e. The SMILES string of the molecule is COc1cc(CNc2ccc(F)cc2C)c([N+](=O)[O-])cc1OC.O=C(O)C(=O)O. The predicted octanol–water partition coefficient (Wildman–Crippen LogP) is 2.83. The van der Waals surface area contributed by atoms with Crippen molar-refractivity contribution in [1.82, 2.24) is 0 Å². The molecule has 0 fully saturated rings. The van der Waals surface area contributed by atoms with E-state index >= 15 is 0 Å². The highest BCUT2D eigenvalue weighted by Gasteiger charge is 2.19. The van der Waals surface area contributed by atoms with Gasteiger partial charge in [-0.1, -0.05) is 0 Å². The van der Waals surface area contributed by atoms with E-state index in [1.54, 1.807) is 19.1 Å². The third-order valence-corrected chi connectivity index (χ3v) is 3.62. The lowest BCUT2D eigenvalue weighted by molar-refractivity contribution is -0.385. The third kappa shape index (κ3) is 6.65. The summed E-state index contributed by atoms with van der Waals surface area (Å²) in [6.45, 7) is 1.96. The van der Waals surface area contributed by atoms with E-state index in [1.807, 2.05) is 0 Å². The van der Waals surface area contributed by atoms with Crippen molar-refractivity contribution in [2.75, 3.05) is 19.5 Å². The highest BCUT2D eigenvalue weighted by molar-refractivity contribution is 6.27. The Morgan fingerprint density at radius 2 is 1.66 bits per heavy atom. The molecule has 0 aliphatic rings. The second-order valence-corrected chi connectivity index (χ2v) is 5.52. The van der Waals surface area contributed by atoms with Gasteiger partial charge in [-0.3, -0.25) is 10.1 Å². The number of anilines is 1. The Labute approximate surface area is 164 Å². The van der Waals surface area contributed by atoms with Crippen LogP contribution in [-0.4, -0.2) is 41.3 Å². The Bertz CT molecular complexity index is 905. The molecule has 10 nitrogen and oxygen atoms in total. The number of hydrogen-bond acceptors (Lipinski definition) is 7. The molecule has 11 heteroatoms. The van der Waals surface area contributed by atoms with Crippen LogP contribution in [0.15, 0.2) is 30.3 Å². The molecule has 29 heavy (non-hydrogen) atoms. The number of nitrogens with one attached hydrogen (secondary N) is 1. The van der Waals surface area contributed by atoms with Crippen LogP contribution < -0.4 is 14.8 Å². The molecule has 0 atom stereocenters. The van der Waals surface area contributed by atoms with Gasteiger partial charge >= 0.3 is 11.9 Å². The van der Waals surface area contributed by atoms with E-state index in [-0.39, 0.29) is 18.0 Å². The number of aryl methyl sites for hydroxylation is 1. The number of carboxylic acid groups (broad SMARTS) is 2. The summed E-state index contributed by atoms with van der Waals surface area (Å²) in [4.78, 5) is 29.0. The molecule has 0 saturated heterocycles. The number of rotatable bonds is 6. The van der Waals surface area contributed by atoms with Crippen LogP contribution in [0, 0.1) is 22.9 Å². The van der Waals surface area contributed by atoms with Crippen molar-refractivity contribution >= 4 is 23.3 Å². The first-order chi connectivity index (χ1) is 13.6. The number of carboxylic acids is 2. The summed E-state index contributed by atoms with van der Waals surface area (Å²) >= 11 is 0. The normalized spacial score (nSPS) is 9.66. The van der Waals surface area contributed by atoms with E-state index in [4.69, 9.17) is 29.3 Å². The van der Waals surface area contributed by atoms with Gasteiger partial charge in [0.1, 0.15) is 5.82 Å². The van der Waals surface area contributed by atoms with Crippen molar-refractivity contribution in [2.45, 2.75) is 13.5 Å². The number of halogens is 1. The molecule has 0 aliphatic carbocycles. The van der Waals surface area contributed by atoms with Gasteiger partial charge in [0.05, 0.1) is 30.8 Å². The van der Waals surface area contributed by atoms with Gasteiger partial charge in [0.25, 0.3) is 5.69 Å². The summed E-state index contributed by atoms with van der Waals surface area (Å²) in [7, 11) is 2.88. The fourth-order valence-corrected chi connectivity index (χ4v) is 2.24. The van der Waals surface area contributed by atoms with Crippen LogP contribution in [0.5, 0.6) is 11.5 Å². The number of nitrogens with zero attached hydrogens (tertiary/aromatic N) is 1. The van der Waals surface area contributed by atoms with Crippen LogP contribution in [0.2, 0.25) is 0 Å². The zero-order valence-electron chi connectivity index (χ0n) is 15.8. The van der Waals surface area contributed by atoms with Crippen molar-refractivity contribution in [3.05, 3.63) is 57.4 Å². The minimum Gasteiger partial charge on any atom is -0.493 e. The first-order valence-electron chi connectivity index (χ1n) is 7.96. The van der Waals surface area contributed by atoms with Crippen LogP contribution in [0.4, 0.5) is 15.8 Å². The predicted molar refractivity (Wildman–Crippen MR) is 99.9 cm³/mol. The minimum absolute atomic E-state index is 0.0742. The molecule has 2 rings (SSSR count).